The van der Waals surface area contributed by atoms with Crippen LogP contribution >= 0.6 is 0 Å². The van der Waals surface area contributed by atoms with E-state index in [1.54, 1.807) is 18.3 Å². The Morgan fingerprint density at radius 2 is 1.97 bits per heavy atom. The van der Waals surface area contributed by atoms with Crippen LogP contribution in [0, 0.1) is 5.92 Å². The number of amides is 1. The van der Waals surface area contributed by atoms with Crippen molar-refractivity contribution in [3.05, 3.63) is 48.3 Å². The number of rotatable bonds is 6. The molecule has 2 aliphatic rings. The van der Waals surface area contributed by atoms with Crippen LogP contribution in [0.2, 0.25) is 0 Å². The molecule has 1 fully saturated rings. The lowest BCUT2D eigenvalue weighted by molar-refractivity contribution is -0.137. The molecule has 2 aromatic rings. The molecular weight excluding hydrogens is 406 g/mol. The lowest BCUT2D eigenvalue weighted by Crippen LogP contribution is -2.44. The van der Waals surface area contributed by atoms with Gasteiger partial charge in [-0.25, -0.2) is 8.42 Å². The molecule has 4 rings (SSSR count). The summed E-state index contributed by atoms with van der Waals surface area (Å²) in [6.07, 6.45) is 3.92. The van der Waals surface area contributed by atoms with Crippen molar-refractivity contribution in [1.29, 1.82) is 0 Å². The number of fused-ring (bicyclic) bond motifs is 1. The summed E-state index contributed by atoms with van der Waals surface area (Å²) in [5.74, 6) is 1.30. The first-order valence-electron chi connectivity index (χ1n) is 10.1. The number of hydrogen-bond donors (Lipinski definition) is 0. The fourth-order valence-electron chi connectivity index (χ4n) is 3.86. The summed E-state index contributed by atoms with van der Waals surface area (Å²) in [5, 5.41) is 0. The highest BCUT2D eigenvalue weighted by Crippen LogP contribution is 2.33. The second kappa shape index (κ2) is 8.61. The highest BCUT2D eigenvalue weighted by Gasteiger charge is 2.33. The average molecular weight is 432 g/mol. The van der Waals surface area contributed by atoms with Crippen molar-refractivity contribution in [3.63, 3.8) is 0 Å². The summed E-state index contributed by atoms with van der Waals surface area (Å²) in [4.78, 5) is 19.0. The van der Waals surface area contributed by atoms with E-state index in [0.29, 0.717) is 44.8 Å². The Morgan fingerprint density at radius 1 is 1.20 bits per heavy atom. The third-order valence-electron chi connectivity index (χ3n) is 5.58. The van der Waals surface area contributed by atoms with Crippen LogP contribution in [0.5, 0.6) is 11.5 Å². The number of pyridine rings is 1. The Bertz CT molecular complexity index is 1000. The van der Waals surface area contributed by atoms with Gasteiger partial charge in [-0.15, -0.1) is 0 Å². The van der Waals surface area contributed by atoms with Gasteiger partial charge in [-0.05, 0) is 49.6 Å². The predicted octanol–water partition coefficient (Wildman–Crippen LogP) is 2.26. The molecule has 160 valence electrons. The molecule has 8 nitrogen and oxygen atoms in total. The number of ether oxygens (including phenoxy) is 2. The average Bonchev–Trinajstić information content (AvgIpc) is 3.25. The first kappa shape index (κ1) is 20.6. The number of nitrogens with zero attached hydrogens (tertiary/aromatic N) is 3. The van der Waals surface area contributed by atoms with Gasteiger partial charge in [0.25, 0.3) is 0 Å². The smallest absolute Gasteiger partial charge is 0.244 e. The summed E-state index contributed by atoms with van der Waals surface area (Å²) >= 11 is 0. The van der Waals surface area contributed by atoms with E-state index < -0.39 is 10.0 Å². The van der Waals surface area contributed by atoms with Crippen molar-refractivity contribution in [1.82, 2.24) is 14.2 Å². The summed E-state index contributed by atoms with van der Waals surface area (Å²) in [5.41, 5.74) is 0.978. The Balaban J connectivity index is 1.38. The number of sulfonamides is 1. The molecular formula is C21H25N3O5S. The number of aromatic nitrogens is 1. The van der Waals surface area contributed by atoms with Gasteiger partial charge in [0.1, 0.15) is 4.90 Å². The Labute approximate surface area is 176 Å². The molecule has 1 aromatic heterocycles. The van der Waals surface area contributed by atoms with Crippen LogP contribution in [0.25, 0.3) is 0 Å². The molecule has 0 spiro atoms. The number of piperidine rings is 1. The van der Waals surface area contributed by atoms with Crippen molar-refractivity contribution in [2.24, 2.45) is 5.92 Å². The van der Waals surface area contributed by atoms with Crippen molar-refractivity contribution in [2.45, 2.75) is 31.2 Å². The van der Waals surface area contributed by atoms with E-state index in [1.165, 1.54) is 10.5 Å². The minimum Gasteiger partial charge on any atom is -0.454 e. The summed E-state index contributed by atoms with van der Waals surface area (Å²) in [7, 11) is -3.57. The molecule has 0 saturated carbocycles. The van der Waals surface area contributed by atoms with Gasteiger partial charge in [0, 0.05) is 44.5 Å². The van der Waals surface area contributed by atoms with Crippen molar-refractivity contribution in [3.8, 4) is 11.5 Å². The zero-order chi connectivity index (χ0) is 21.1. The quantitative estimate of drug-likeness (QED) is 0.697. The normalized spacial score (nSPS) is 17.1. The van der Waals surface area contributed by atoms with E-state index in [9.17, 15) is 13.2 Å². The maximum atomic E-state index is 13.1. The molecule has 0 radical (unpaired) electrons. The zero-order valence-electron chi connectivity index (χ0n) is 16.9. The van der Waals surface area contributed by atoms with Crippen molar-refractivity contribution < 1.29 is 22.7 Å². The first-order valence-corrected chi connectivity index (χ1v) is 11.5. The first-order chi connectivity index (χ1) is 14.5. The standard InChI is InChI=1S/C21H25N3O5S/c1-2-23(14-16-5-6-19-20(12-16)29-15-28-19)21(25)17-7-10-24(11-8-17)30(26,27)18-4-3-9-22-13-18/h3-6,9,12-13,17H,2,7-8,10-11,14-15H2,1H3. The van der Waals surface area contributed by atoms with Gasteiger partial charge in [0.15, 0.2) is 11.5 Å². The summed E-state index contributed by atoms with van der Waals surface area (Å²) in [6.45, 7) is 3.90. The fraction of sp³-hybridized carbons (Fsp3) is 0.429. The lowest BCUT2D eigenvalue weighted by atomic mass is 9.96. The van der Waals surface area contributed by atoms with Crippen molar-refractivity contribution in [2.75, 3.05) is 26.4 Å². The monoisotopic (exact) mass is 431 g/mol. The van der Waals surface area contributed by atoms with Crippen LogP contribution in [0.3, 0.4) is 0 Å². The van der Waals surface area contributed by atoms with E-state index in [-0.39, 0.29) is 23.5 Å². The topological polar surface area (TPSA) is 89.0 Å². The molecule has 30 heavy (non-hydrogen) atoms. The van der Waals surface area contributed by atoms with Gasteiger partial charge >= 0.3 is 0 Å². The van der Waals surface area contributed by atoms with Crippen LogP contribution in [-0.4, -0.2) is 54.9 Å². The fourth-order valence-corrected chi connectivity index (χ4v) is 5.29. The molecule has 0 aliphatic carbocycles. The third-order valence-corrected chi connectivity index (χ3v) is 7.46. The molecule has 0 N–H and O–H groups in total. The van der Waals surface area contributed by atoms with Crippen LogP contribution in [0.1, 0.15) is 25.3 Å². The largest absolute Gasteiger partial charge is 0.454 e. The van der Waals surface area contributed by atoms with Crippen LogP contribution in [-0.2, 0) is 21.4 Å². The predicted molar refractivity (Wildman–Crippen MR) is 109 cm³/mol. The van der Waals surface area contributed by atoms with Crippen LogP contribution in [0.4, 0.5) is 0 Å². The molecule has 1 aromatic carbocycles. The van der Waals surface area contributed by atoms with Gasteiger partial charge in [0.2, 0.25) is 22.7 Å². The maximum Gasteiger partial charge on any atom is 0.244 e. The lowest BCUT2D eigenvalue weighted by Gasteiger charge is -2.33. The number of benzene rings is 1. The molecule has 9 heteroatoms. The molecule has 0 bridgehead atoms. The van der Waals surface area contributed by atoms with Gasteiger partial charge in [-0.3, -0.25) is 9.78 Å². The molecule has 0 atom stereocenters. The van der Waals surface area contributed by atoms with Crippen LogP contribution in [0.15, 0.2) is 47.6 Å². The Morgan fingerprint density at radius 3 is 2.67 bits per heavy atom. The second-order valence-corrected chi connectivity index (χ2v) is 9.35. The second-order valence-electron chi connectivity index (χ2n) is 7.41. The number of carbonyl (C=O) groups excluding carboxylic acids is 1. The molecule has 3 heterocycles. The van der Waals surface area contributed by atoms with Crippen LogP contribution < -0.4 is 9.47 Å². The van der Waals surface area contributed by atoms with E-state index in [0.717, 1.165) is 11.3 Å². The molecule has 2 aliphatic heterocycles. The summed E-state index contributed by atoms with van der Waals surface area (Å²) in [6, 6.07) is 8.85. The zero-order valence-corrected chi connectivity index (χ0v) is 17.7. The van der Waals surface area contributed by atoms with Gasteiger partial charge in [0.05, 0.1) is 0 Å². The SMILES string of the molecule is CCN(Cc1ccc2c(c1)OCO2)C(=O)C1CCN(S(=O)(=O)c2cccnc2)CC1. The minimum absolute atomic E-state index is 0.0635. The minimum atomic E-state index is -3.57. The number of hydrogen-bond acceptors (Lipinski definition) is 6. The summed E-state index contributed by atoms with van der Waals surface area (Å²) < 4.78 is 37.7. The van der Waals surface area contributed by atoms with E-state index in [1.807, 2.05) is 30.0 Å². The van der Waals surface area contributed by atoms with Crippen molar-refractivity contribution >= 4 is 15.9 Å². The van der Waals surface area contributed by atoms with E-state index >= 15 is 0 Å². The van der Waals surface area contributed by atoms with Gasteiger partial charge in [-0.1, -0.05) is 6.07 Å². The maximum absolute atomic E-state index is 13.1. The molecule has 0 unspecified atom stereocenters. The highest BCUT2D eigenvalue weighted by atomic mass is 32.2. The van der Waals surface area contributed by atoms with Gasteiger partial charge in [-0.2, -0.15) is 4.31 Å². The van der Waals surface area contributed by atoms with E-state index in [4.69, 9.17) is 9.47 Å². The molecule has 1 amide bonds. The van der Waals surface area contributed by atoms with Gasteiger partial charge < -0.3 is 14.4 Å². The molecule has 1 saturated heterocycles. The highest BCUT2D eigenvalue weighted by molar-refractivity contribution is 7.89. The third kappa shape index (κ3) is 4.13. The number of carbonyl (C=O) groups is 1. The Kier molecular flexibility index (Phi) is 5.92. The van der Waals surface area contributed by atoms with E-state index in [2.05, 4.69) is 4.98 Å². The Hall–Kier alpha value is -2.65.